The summed E-state index contributed by atoms with van der Waals surface area (Å²) in [5.41, 5.74) is 1.89. The lowest BCUT2D eigenvalue weighted by Gasteiger charge is -2.14. The zero-order chi connectivity index (χ0) is 18.7. The van der Waals surface area contributed by atoms with E-state index in [0.29, 0.717) is 0 Å². The van der Waals surface area contributed by atoms with E-state index in [0.717, 1.165) is 11.4 Å². The lowest BCUT2D eigenvalue weighted by atomic mass is 10.1. The molecular weight excluding hydrogens is 336 g/mol. The Morgan fingerprint density at radius 1 is 1.12 bits per heavy atom. The van der Waals surface area contributed by atoms with Crippen molar-refractivity contribution in [3.63, 3.8) is 0 Å². The predicted molar refractivity (Wildman–Crippen MR) is 95.3 cm³/mol. The van der Waals surface area contributed by atoms with Crippen molar-refractivity contribution in [1.29, 1.82) is 0 Å². The molecule has 0 bridgehead atoms. The fourth-order valence-electron chi connectivity index (χ4n) is 2.80. The summed E-state index contributed by atoms with van der Waals surface area (Å²) in [5, 5.41) is 7.07. The molecule has 0 aliphatic carbocycles. The minimum absolute atomic E-state index is 0.0358. The second-order valence-corrected chi connectivity index (χ2v) is 6.20. The van der Waals surface area contributed by atoms with Gasteiger partial charge in [-0.3, -0.25) is 4.79 Å². The third-order valence-corrected chi connectivity index (χ3v) is 4.07. The van der Waals surface area contributed by atoms with Crippen LogP contribution in [0.2, 0.25) is 0 Å². The molecule has 3 rings (SSSR count). The quantitative estimate of drug-likeness (QED) is 0.756. The van der Waals surface area contributed by atoms with Gasteiger partial charge >= 0.3 is 0 Å². The van der Waals surface area contributed by atoms with Crippen molar-refractivity contribution >= 4 is 5.91 Å². The largest absolute Gasteiger partial charge is 0.348 e. The summed E-state index contributed by atoms with van der Waals surface area (Å²) in [4.78, 5) is 12.4. The summed E-state index contributed by atoms with van der Waals surface area (Å²) >= 11 is 0. The van der Waals surface area contributed by atoms with E-state index < -0.39 is 17.7 Å². The zero-order valence-electron chi connectivity index (χ0n) is 14.5. The Balaban J connectivity index is 1.72. The van der Waals surface area contributed by atoms with Gasteiger partial charge in [0.1, 0.15) is 11.6 Å². The average Bonchev–Trinajstić information content (AvgIpc) is 3.01. The molecule has 0 aliphatic rings. The van der Waals surface area contributed by atoms with Crippen LogP contribution in [-0.4, -0.2) is 21.7 Å². The number of para-hydroxylation sites is 1. The van der Waals surface area contributed by atoms with Gasteiger partial charge < -0.3 is 5.32 Å². The molecule has 1 atom stereocenters. The SMILES string of the molecule is Cc1cc(C(=O)NC(C)Cc2c(F)cccc2F)nn1-c1ccccc1. The molecule has 0 aliphatic heterocycles. The van der Waals surface area contributed by atoms with Crippen molar-refractivity contribution in [2.45, 2.75) is 26.3 Å². The summed E-state index contributed by atoms with van der Waals surface area (Å²) < 4.78 is 29.2. The molecule has 1 aromatic heterocycles. The van der Waals surface area contributed by atoms with Crippen molar-refractivity contribution < 1.29 is 13.6 Å². The average molecular weight is 355 g/mol. The monoisotopic (exact) mass is 355 g/mol. The van der Waals surface area contributed by atoms with Crippen LogP contribution in [0.4, 0.5) is 8.78 Å². The summed E-state index contributed by atoms with van der Waals surface area (Å²) in [5.74, 6) is -1.61. The first-order valence-corrected chi connectivity index (χ1v) is 8.31. The highest BCUT2D eigenvalue weighted by Crippen LogP contribution is 2.15. The Labute approximate surface area is 150 Å². The Kier molecular flexibility index (Phi) is 5.11. The van der Waals surface area contributed by atoms with Gasteiger partial charge in [0.05, 0.1) is 5.69 Å². The number of aromatic nitrogens is 2. The number of hydrogen-bond donors (Lipinski definition) is 1. The third kappa shape index (κ3) is 3.79. The maximum atomic E-state index is 13.7. The molecule has 134 valence electrons. The molecule has 1 amide bonds. The van der Waals surface area contributed by atoms with E-state index in [1.165, 1.54) is 18.2 Å². The van der Waals surface area contributed by atoms with E-state index in [2.05, 4.69) is 10.4 Å². The van der Waals surface area contributed by atoms with Gasteiger partial charge in [0, 0.05) is 17.3 Å². The lowest BCUT2D eigenvalue weighted by molar-refractivity contribution is 0.0934. The molecular formula is C20H19F2N3O. The molecule has 26 heavy (non-hydrogen) atoms. The highest BCUT2D eigenvalue weighted by Gasteiger charge is 2.18. The van der Waals surface area contributed by atoms with Crippen LogP contribution < -0.4 is 5.32 Å². The van der Waals surface area contributed by atoms with Crippen LogP contribution >= 0.6 is 0 Å². The fraction of sp³-hybridized carbons (Fsp3) is 0.200. The lowest BCUT2D eigenvalue weighted by Crippen LogP contribution is -2.34. The first-order chi connectivity index (χ1) is 12.5. The molecule has 0 radical (unpaired) electrons. The predicted octanol–water partition coefficient (Wildman–Crippen LogP) is 3.82. The van der Waals surface area contributed by atoms with Crippen LogP contribution in [0.25, 0.3) is 5.69 Å². The molecule has 1 unspecified atom stereocenters. The van der Waals surface area contributed by atoms with Crippen LogP contribution in [-0.2, 0) is 6.42 Å². The maximum absolute atomic E-state index is 13.7. The topological polar surface area (TPSA) is 46.9 Å². The summed E-state index contributed by atoms with van der Waals surface area (Å²) in [7, 11) is 0. The minimum Gasteiger partial charge on any atom is -0.348 e. The molecule has 1 heterocycles. The van der Waals surface area contributed by atoms with E-state index >= 15 is 0 Å². The second kappa shape index (κ2) is 7.47. The van der Waals surface area contributed by atoms with Gasteiger partial charge in [-0.05, 0) is 50.6 Å². The van der Waals surface area contributed by atoms with Crippen LogP contribution in [0.1, 0.15) is 28.7 Å². The normalized spacial score (nSPS) is 12.0. The number of aryl methyl sites for hydroxylation is 1. The Bertz CT molecular complexity index is 902. The van der Waals surface area contributed by atoms with Gasteiger partial charge in [0.25, 0.3) is 5.91 Å². The number of nitrogens with zero attached hydrogens (tertiary/aromatic N) is 2. The van der Waals surface area contributed by atoms with Gasteiger partial charge in [0.2, 0.25) is 0 Å². The number of halogens is 2. The number of rotatable bonds is 5. The van der Waals surface area contributed by atoms with Crippen molar-refractivity contribution in [2.24, 2.45) is 0 Å². The molecule has 6 heteroatoms. The molecule has 0 saturated carbocycles. The first-order valence-electron chi connectivity index (χ1n) is 8.31. The molecule has 4 nitrogen and oxygen atoms in total. The number of carbonyl (C=O) groups excluding carboxylic acids is 1. The molecule has 3 aromatic rings. The maximum Gasteiger partial charge on any atom is 0.272 e. The Morgan fingerprint density at radius 3 is 2.42 bits per heavy atom. The molecule has 1 N–H and O–H groups in total. The second-order valence-electron chi connectivity index (χ2n) is 6.20. The number of hydrogen-bond acceptors (Lipinski definition) is 2. The van der Waals surface area contributed by atoms with Crippen LogP contribution in [0.15, 0.2) is 54.6 Å². The van der Waals surface area contributed by atoms with Crippen molar-refractivity contribution in [2.75, 3.05) is 0 Å². The number of benzene rings is 2. The van der Waals surface area contributed by atoms with E-state index in [1.807, 2.05) is 37.3 Å². The zero-order valence-corrected chi connectivity index (χ0v) is 14.5. The standard InChI is InChI=1S/C20H19F2N3O/c1-13(11-16-17(21)9-6-10-18(16)22)23-20(26)19-12-14(2)25(24-19)15-7-4-3-5-8-15/h3-10,12-13H,11H2,1-2H3,(H,23,26). The van der Waals surface area contributed by atoms with E-state index in [-0.39, 0.29) is 23.6 Å². The highest BCUT2D eigenvalue weighted by molar-refractivity contribution is 5.92. The molecule has 0 fully saturated rings. The van der Waals surface area contributed by atoms with Gasteiger partial charge in [-0.2, -0.15) is 5.10 Å². The van der Waals surface area contributed by atoms with E-state index in [9.17, 15) is 13.6 Å². The van der Waals surface area contributed by atoms with Gasteiger partial charge in [-0.15, -0.1) is 0 Å². The third-order valence-electron chi connectivity index (χ3n) is 4.07. The van der Waals surface area contributed by atoms with Crippen LogP contribution in [0.3, 0.4) is 0 Å². The van der Waals surface area contributed by atoms with Gasteiger partial charge in [-0.1, -0.05) is 24.3 Å². The van der Waals surface area contributed by atoms with Crippen LogP contribution in [0, 0.1) is 18.6 Å². The van der Waals surface area contributed by atoms with Crippen molar-refractivity contribution in [1.82, 2.24) is 15.1 Å². The number of carbonyl (C=O) groups is 1. The summed E-state index contributed by atoms with van der Waals surface area (Å²) in [6.45, 7) is 3.56. The van der Waals surface area contributed by atoms with Crippen LogP contribution in [0.5, 0.6) is 0 Å². The van der Waals surface area contributed by atoms with Gasteiger partial charge in [-0.25, -0.2) is 13.5 Å². The molecule has 0 saturated heterocycles. The number of nitrogens with one attached hydrogen (secondary N) is 1. The first kappa shape index (κ1) is 17.8. The highest BCUT2D eigenvalue weighted by atomic mass is 19.1. The molecule has 2 aromatic carbocycles. The van der Waals surface area contributed by atoms with Crippen molar-refractivity contribution in [3.05, 3.63) is 83.2 Å². The fourth-order valence-corrected chi connectivity index (χ4v) is 2.80. The summed E-state index contributed by atoms with van der Waals surface area (Å²) in [6, 6.07) is 14.4. The Hall–Kier alpha value is -3.02. The smallest absolute Gasteiger partial charge is 0.272 e. The molecule has 0 spiro atoms. The van der Waals surface area contributed by atoms with E-state index in [4.69, 9.17) is 0 Å². The summed E-state index contributed by atoms with van der Waals surface area (Å²) in [6.07, 6.45) is 0.0582. The van der Waals surface area contributed by atoms with E-state index in [1.54, 1.807) is 17.7 Å². The minimum atomic E-state index is -0.615. The number of amides is 1. The van der Waals surface area contributed by atoms with Crippen molar-refractivity contribution in [3.8, 4) is 5.69 Å². The van der Waals surface area contributed by atoms with Gasteiger partial charge in [0.15, 0.2) is 5.69 Å². The Morgan fingerprint density at radius 2 is 1.77 bits per heavy atom.